The van der Waals surface area contributed by atoms with Gasteiger partial charge < -0.3 is 5.11 Å². The minimum absolute atomic E-state index is 0.362. The third-order valence-corrected chi connectivity index (χ3v) is 4.16. The monoisotopic (exact) mass is 265 g/mol. The fraction of sp³-hybridized carbons (Fsp3) is 0.500. The van der Waals surface area contributed by atoms with Crippen molar-refractivity contribution in [2.45, 2.75) is 25.4 Å². The zero-order valence-electron chi connectivity index (χ0n) is 10.6. The van der Waals surface area contributed by atoms with Gasteiger partial charge in [-0.05, 0) is 43.3 Å². The molecule has 1 aromatic rings. The van der Waals surface area contributed by atoms with Crippen molar-refractivity contribution in [3.05, 3.63) is 35.4 Å². The van der Waals surface area contributed by atoms with Crippen LogP contribution in [-0.2, 0) is 6.54 Å². The van der Waals surface area contributed by atoms with E-state index < -0.39 is 5.97 Å². The lowest BCUT2D eigenvalue weighted by Crippen LogP contribution is -2.30. The zero-order chi connectivity index (χ0) is 13.0. The third kappa shape index (κ3) is 3.27. The Balaban J connectivity index is 1.98. The van der Waals surface area contributed by atoms with E-state index in [-0.39, 0.29) is 0 Å². The Bertz CT molecular complexity index is 405. The third-order valence-electron chi connectivity index (χ3n) is 3.44. The van der Waals surface area contributed by atoms with Crippen LogP contribution in [0.2, 0.25) is 0 Å². The lowest BCUT2D eigenvalue weighted by atomic mass is 10.1. The number of carbonyl (C=O) groups is 1. The van der Waals surface area contributed by atoms with Gasteiger partial charge in [0.1, 0.15) is 0 Å². The number of carboxylic acids is 1. The van der Waals surface area contributed by atoms with Crippen LogP contribution >= 0.6 is 11.8 Å². The Hall–Kier alpha value is -1.00. The summed E-state index contributed by atoms with van der Waals surface area (Å²) in [7, 11) is 0. The molecule has 1 aromatic carbocycles. The average Bonchev–Trinajstić information content (AvgIpc) is 2.78. The van der Waals surface area contributed by atoms with Gasteiger partial charge in [0, 0.05) is 18.3 Å². The summed E-state index contributed by atoms with van der Waals surface area (Å²) in [5, 5.41) is 8.86. The number of hydrogen-bond donors (Lipinski definition) is 1. The van der Waals surface area contributed by atoms with Gasteiger partial charge in [-0.25, -0.2) is 4.79 Å². The molecule has 1 saturated heterocycles. The summed E-state index contributed by atoms with van der Waals surface area (Å²) in [6.45, 7) is 2.09. The number of thioether (sulfide) groups is 1. The van der Waals surface area contributed by atoms with Crippen molar-refractivity contribution < 1.29 is 9.90 Å². The summed E-state index contributed by atoms with van der Waals surface area (Å²) < 4.78 is 0. The van der Waals surface area contributed by atoms with Gasteiger partial charge in [0.25, 0.3) is 0 Å². The molecule has 4 heteroatoms. The maximum atomic E-state index is 10.8. The molecule has 1 aliphatic rings. The van der Waals surface area contributed by atoms with Crippen molar-refractivity contribution in [2.75, 3.05) is 18.6 Å². The topological polar surface area (TPSA) is 40.5 Å². The smallest absolute Gasteiger partial charge is 0.335 e. The molecular weight excluding hydrogens is 246 g/mol. The first-order valence-corrected chi connectivity index (χ1v) is 7.65. The molecule has 18 heavy (non-hydrogen) atoms. The summed E-state index contributed by atoms with van der Waals surface area (Å²) in [6, 6.07) is 7.92. The summed E-state index contributed by atoms with van der Waals surface area (Å²) in [5.41, 5.74) is 1.56. The van der Waals surface area contributed by atoms with Gasteiger partial charge in [-0.15, -0.1) is 0 Å². The van der Waals surface area contributed by atoms with E-state index in [0.29, 0.717) is 11.6 Å². The predicted octanol–water partition coefficient (Wildman–Crippen LogP) is 2.71. The van der Waals surface area contributed by atoms with E-state index in [1.54, 1.807) is 12.1 Å². The van der Waals surface area contributed by atoms with E-state index in [2.05, 4.69) is 11.2 Å². The highest BCUT2D eigenvalue weighted by atomic mass is 32.2. The first kappa shape index (κ1) is 13.4. The normalized spacial score (nSPS) is 20.2. The van der Waals surface area contributed by atoms with Crippen molar-refractivity contribution in [3.8, 4) is 0 Å². The van der Waals surface area contributed by atoms with Gasteiger partial charge in [0.05, 0.1) is 5.56 Å². The van der Waals surface area contributed by atoms with Crippen LogP contribution in [0.5, 0.6) is 0 Å². The molecule has 0 radical (unpaired) electrons. The summed E-state index contributed by atoms with van der Waals surface area (Å²) in [4.78, 5) is 13.3. The molecule has 0 aromatic heterocycles. The number of nitrogens with zero attached hydrogens (tertiary/aromatic N) is 1. The van der Waals surface area contributed by atoms with Crippen LogP contribution < -0.4 is 0 Å². The molecule has 1 fully saturated rings. The zero-order valence-corrected chi connectivity index (χ0v) is 11.4. The average molecular weight is 265 g/mol. The number of benzene rings is 1. The highest BCUT2D eigenvalue weighted by molar-refractivity contribution is 7.98. The van der Waals surface area contributed by atoms with Crippen LogP contribution in [0, 0.1) is 0 Å². The first-order valence-electron chi connectivity index (χ1n) is 6.26. The molecular formula is C14H19NO2S. The fourth-order valence-corrected chi connectivity index (χ4v) is 3.23. The van der Waals surface area contributed by atoms with Gasteiger partial charge in [-0.2, -0.15) is 11.8 Å². The molecule has 98 valence electrons. The summed E-state index contributed by atoms with van der Waals surface area (Å²) >= 11 is 1.90. The van der Waals surface area contributed by atoms with Crippen molar-refractivity contribution >= 4 is 17.7 Å². The standard InChI is InChI=1S/C14H19NO2S/c1-18-10-13-3-2-8-15(13)9-11-4-6-12(7-5-11)14(16)17/h4-7,13H,2-3,8-10H2,1H3,(H,16,17). The van der Waals surface area contributed by atoms with Gasteiger partial charge in [0.2, 0.25) is 0 Å². The molecule has 0 saturated carbocycles. The molecule has 1 unspecified atom stereocenters. The van der Waals surface area contributed by atoms with Crippen LogP contribution in [0.25, 0.3) is 0 Å². The number of likely N-dealkylation sites (tertiary alicyclic amines) is 1. The van der Waals surface area contributed by atoms with Crippen molar-refractivity contribution in [2.24, 2.45) is 0 Å². The fourth-order valence-electron chi connectivity index (χ4n) is 2.47. The Kier molecular flexibility index (Phi) is 4.66. The quantitative estimate of drug-likeness (QED) is 0.888. The molecule has 0 aliphatic carbocycles. The molecule has 0 spiro atoms. The highest BCUT2D eigenvalue weighted by Gasteiger charge is 2.23. The number of hydrogen-bond acceptors (Lipinski definition) is 3. The Morgan fingerprint density at radius 3 is 2.78 bits per heavy atom. The van der Waals surface area contributed by atoms with E-state index in [9.17, 15) is 4.79 Å². The lowest BCUT2D eigenvalue weighted by molar-refractivity contribution is 0.0697. The SMILES string of the molecule is CSCC1CCCN1Cc1ccc(C(=O)O)cc1. The second-order valence-corrected chi connectivity index (χ2v) is 5.63. The van der Waals surface area contributed by atoms with Crippen LogP contribution in [0.1, 0.15) is 28.8 Å². The van der Waals surface area contributed by atoms with E-state index in [1.165, 1.54) is 24.2 Å². The highest BCUT2D eigenvalue weighted by Crippen LogP contribution is 2.22. The van der Waals surface area contributed by atoms with E-state index >= 15 is 0 Å². The van der Waals surface area contributed by atoms with E-state index in [1.807, 2.05) is 23.9 Å². The molecule has 3 nitrogen and oxygen atoms in total. The molecule has 1 heterocycles. The van der Waals surface area contributed by atoms with Crippen molar-refractivity contribution in [1.82, 2.24) is 4.90 Å². The maximum Gasteiger partial charge on any atom is 0.335 e. The molecule has 2 rings (SSSR count). The lowest BCUT2D eigenvalue weighted by Gasteiger charge is -2.23. The largest absolute Gasteiger partial charge is 0.478 e. The van der Waals surface area contributed by atoms with Crippen LogP contribution in [0.4, 0.5) is 0 Å². The molecule has 1 atom stereocenters. The van der Waals surface area contributed by atoms with E-state index in [4.69, 9.17) is 5.11 Å². The van der Waals surface area contributed by atoms with Crippen LogP contribution in [0.3, 0.4) is 0 Å². The van der Waals surface area contributed by atoms with Crippen molar-refractivity contribution in [3.63, 3.8) is 0 Å². The Morgan fingerprint density at radius 2 is 2.17 bits per heavy atom. The molecule has 1 aliphatic heterocycles. The first-order chi connectivity index (χ1) is 8.70. The number of aromatic carboxylic acids is 1. The minimum Gasteiger partial charge on any atom is -0.478 e. The second kappa shape index (κ2) is 6.25. The molecule has 0 amide bonds. The van der Waals surface area contributed by atoms with Crippen molar-refractivity contribution in [1.29, 1.82) is 0 Å². The van der Waals surface area contributed by atoms with Crippen LogP contribution in [-0.4, -0.2) is 40.6 Å². The van der Waals surface area contributed by atoms with Gasteiger partial charge >= 0.3 is 5.97 Å². The Morgan fingerprint density at radius 1 is 1.44 bits per heavy atom. The summed E-state index contributed by atoms with van der Waals surface area (Å²) in [6.07, 6.45) is 4.71. The predicted molar refractivity (Wildman–Crippen MR) is 75.2 cm³/mol. The Labute approximate surface area is 112 Å². The molecule has 1 N–H and O–H groups in total. The maximum absolute atomic E-state index is 10.8. The van der Waals surface area contributed by atoms with Gasteiger partial charge in [0.15, 0.2) is 0 Å². The van der Waals surface area contributed by atoms with Crippen LogP contribution in [0.15, 0.2) is 24.3 Å². The number of rotatable bonds is 5. The summed E-state index contributed by atoms with van der Waals surface area (Å²) in [5.74, 6) is 0.329. The number of carboxylic acid groups (broad SMARTS) is 1. The van der Waals surface area contributed by atoms with E-state index in [0.717, 1.165) is 13.1 Å². The second-order valence-electron chi connectivity index (χ2n) is 4.72. The van der Waals surface area contributed by atoms with Gasteiger partial charge in [-0.1, -0.05) is 12.1 Å². The minimum atomic E-state index is -0.858. The molecule has 0 bridgehead atoms. The van der Waals surface area contributed by atoms with Gasteiger partial charge in [-0.3, -0.25) is 4.90 Å².